The molecule has 23 heavy (non-hydrogen) atoms. The van der Waals surface area contributed by atoms with Crippen LogP contribution in [-0.4, -0.2) is 34.3 Å². The maximum absolute atomic E-state index is 12.2. The van der Waals surface area contributed by atoms with Crippen LogP contribution in [0, 0.1) is 5.92 Å². The number of aromatic amines is 1. The van der Waals surface area contributed by atoms with Crippen molar-refractivity contribution >= 4 is 11.8 Å². The van der Waals surface area contributed by atoms with Gasteiger partial charge in [0.2, 0.25) is 5.91 Å². The van der Waals surface area contributed by atoms with Gasteiger partial charge in [-0.1, -0.05) is 17.3 Å². The number of hydrogen-bond donors (Lipinski definition) is 3. The number of amides is 2. The fourth-order valence-corrected chi connectivity index (χ4v) is 2.34. The zero-order valence-electron chi connectivity index (χ0n) is 12.6. The molecular weight excluding hydrogens is 298 g/mol. The average molecular weight is 315 g/mol. The van der Waals surface area contributed by atoms with Crippen molar-refractivity contribution in [3.05, 3.63) is 41.2 Å². The van der Waals surface area contributed by atoms with Crippen LogP contribution in [0.15, 0.2) is 24.3 Å². The van der Waals surface area contributed by atoms with Gasteiger partial charge in [0.15, 0.2) is 5.69 Å². The van der Waals surface area contributed by atoms with Crippen molar-refractivity contribution in [3.8, 4) is 5.75 Å². The van der Waals surface area contributed by atoms with Crippen LogP contribution in [0.3, 0.4) is 0 Å². The summed E-state index contributed by atoms with van der Waals surface area (Å²) in [4.78, 5) is 23.7. The van der Waals surface area contributed by atoms with Gasteiger partial charge in [-0.05, 0) is 30.5 Å². The third-order valence-electron chi connectivity index (χ3n) is 3.78. The predicted molar refractivity (Wildman–Crippen MR) is 80.6 cm³/mol. The lowest BCUT2D eigenvalue weighted by Gasteiger charge is -2.18. The number of nitrogens with two attached hydrogens (primary N) is 1. The zero-order chi connectivity index (χ0) is 16.4. The number of carbonyl (C=O) groups excluding carboxylic acids is 2. The van der Waals surface area contributed by atoms with E-state index in [1.807, 2.05) is 12.1 Å². The van der Waals surface area contributed by atoms with E-state index in [9.17, 15) is 9.59 Å². The number of nitrogens with one attached hydrogen (secondary N) is 2. The first-order valence-electron chi connectivity index (χ1n) is 7.25. The van der Waals surface area contributed by atoms with Crippen molar-refractivity contribution in [1.82, 2.24) is 20.7 Å². The number of carbonyl (C=O) groups is 2. The molecule has 2 amide bonds. The Hall–Kier alpha value is -2.90. The lowest BCUT2D eigenvalue weighted by molar-refractivity contribution is -0.122. The van der Waals surface area contributed by atoms with Gasteiger partial charge < -0.3 is 15.8 Å². The molecule has 0 spiro atoms. The molecule has 1 aliphatic carbocycles. The third-order valence-corrected chi connectivity index (χ3v) is 3.78. The number of methoxy groups -OCH3 is 1. The Morgan fingerprint density at radius 1 is 1.35 bits per heavy atom. The predicted octanol–water partition coefficient (Wildman–Crippen LogP) is 0.528. The second-order valence-corrected chi connectivity index (χ2v) is 5.43. The summed E-state index contributed by atoms with van der Waals surface area (Å²) in [6, 6.07) is 6.59. The van der Waals surface area contributed by atoms with Crippen molar-refractivity contribution in [2.45, 2.75) is 18.9 Å². The van der Waals surface area contributed by atoms with Crippen LogP contribution in [-0.2, 0) is 4.79 Å². The number of H-pyrrole nitrogens is 1. The number of nitrogens with zero attached hydrogens (tertiary/aromatic N) is 2. The van der Waals surface area contributed by atoms with E-state index < -0.39 is 11.9 Å². The van der Waals surface area contributed by atoms with E-state index in [4.69, 9.17) is 10.5 Å². The fraction of sp³-hybridized carbons (Fsp3) is 0.333. The second kappa shape index (κ2) is 6.07. The Morgan fingerprint density at radius 3 is 2.61 bits per heavy atom. The first-order chi connectivity index (χ1) is 11.1. The van der Waals surface area contributed by atoms with E-state index in [2.05, 4.69) is 20.7 Å². The van der Waals surface area contributed by atoms with Gasteiger partial charge >= 0.3 is 0 Å². The van der Waals surface area contributed by atoms with Gasteiger partial charge in [0.1, 0.15) is 5.75 Å². The fourth-order valence-electron chi connectivity index (χ4n) is 2.34. The van der Waals surface area contributed by atoms with Gasteiger partial charge in [-0.2, -0.15) is 0 Å². The highest BCUT2D eigenvalue weighted by atomic mass is 16.5. The van der Waals surface area contributed by atoms with Crippen LogP contribution in [0.5, 0.6) is 5.75 Å². The van der Waals surface area contributed by atoms with E-state index in [0.717, 1.165) is 18.4 Å². The molecule has 1 aromatic carbocycles. The Morgan fingerprint density at radius 2 is 2.04 bits per heavy atom. The van der Waals surface area contributed by atoms with E-state index in [0.29, 0.717) is 11.4 Å². The number of hydrogen-bond acceptors (Lipinski definition) is 5. The minimum atomic E-state index is -0.701. The standard InChI is InChI=1S/C15H17N5O3/c1-23-10-6-4-8(5-7-10)11(17-15(22)9-2-3-9)12-13(14(16)21)19-20-18-12/h4-7,9,11H,2-3H2,1H3,(H2,16,21)(H,17,22)(H,18,19,20). The molecule has 1 aliphatic rings. The molecule has 120 valence electrons. The lowest BCUT2D eigenvalue weighted by Crippen LogP contribution is -2.32. The quantitative estimate of drug-likeness (QED) is 0.717. The van der Waals surface area contributed by atoms with E-state index >= 15 is 0 Å². The lowest BCUT2D eigenvalue weighted by atomic mass is 10.0. The minimum Gasteiger partial charge on any atom is -0.497 e. The molecule has 0 aliphatic heterocycles. The van der Waals surface area contributed by atoms with Crippen LogP contribution >= 0.6 is 0 Å². The SMILES string of the molecule is COc1ccc(C(NC(=O)C2CC2)c2[nH]nnc2C(N)=O)cc1. The normalized spacial score (nSPS) is 15.0. The van der Waals surface area contributed by atoms with Gasteiger partial charge in [0, 0.05) is 5.92 Å². The Labute approximate surface area is 132 Å². The molecule has 1 saturated carbocycles. The number of rotatable bonds is 6. The molecule has 1 atom stereocenters. The summed E-state index contributed by atoms with van der Waals surface area (Å²) in [5.74, 6) is -0.0358. The summed E-state index contributed by atoms with van der Waals surface area (Å²) < 4.78 is 5.14. The molecule has 2 aromatic rings. The maximum atomic E-state index is 12.2. The van der Waals surface area contributed by atoms with Crippen molar-refractivity contribution in [2.24, 2.45) is 11.7 Å². The first kappa shape index (κ1) is 15.0. The van der Waals surface area contributed by atoms with Crippen molar-refractivity contribution in [1.29, 1.82) is 0 Å². The Bertz CT molecular complexity index is 721. The highest BCUT2D eigenvalue weighted by Gasteiger charge is 2.33. The summed E-state index contributed by atoms with van der Waals surface area (Å²) in [6.45, 7) is 0. The second-order valence-electron chi connectivity index (χ2n) is 5.43. The molecule has 0 saturated heterocycles. The van der Waals surface area contributed by atoms with Gasteiger partial charge in [0.05, 0.1) is 18.8 Å². The van der Waals surface area contributed by atoms with Gasteiger partial charge in [-0.25, -0.2) is 0 Å². The highest BCUT2D eigenvalue weighted by molar-refractivity contribution is 5.92. The van der Waals surface area contributed by atoms with Gasteiger partial charge in [-0.3, -0.25) is 14.7 Å². The van der Waals surface area contributed by atoms with Gasteiger partial charge in [-0.15, -0.1) is 5.10 Å². The Balaban J connectivity index is 1.96. The molecule has 0 bridgehead atoms. The number of benzene rings is 1. The summed E-state index contributed by atoms with van der Waals surface area (Å²) in [6.07, 6.45) is 1.76. The molecular formula is C15H17N5O3. The first-order valence-corrected chi connectivity index (χ1v) is 7.25. The molecule has 1 aromatic heterocycles. The van der Waals surface area contributed by atoms with Crippen LogP contribution in [0.2, 0.25) is 0 Å². The minimum absolute atomic E-state index is 0.0157. The average Bonchev–Trinajstić information content (AvgIpc) is 3.29. The number of primary amides is 1. The summed E-state index contributed by atoms with van der Waals surface area (Å²) in [5.41, 5.74) is 6.49. The summed E-state index contributed by atoms with van der Waals surface area (Å²) in [7, 11) is 1.57. The third kappa shape index (κ3) is 3.15. The van der Waals surface area contributed by atoms with Crippen molar-refractivity contribution < 1.29 is 14.3 Å². The smallest absolute Gasteiger partial charge is 0.271 e. The molecule has 1 heterocycles. The van der Waals surface area contributed by atoms with Crippen LogP contribution in [0.1, 0.15) is 40.6 Å². The van der Waals surface area contributed by atoms with E-state index in [1.54, 1.807) is 19.2 Å². The van der Waals surface area contributed by atoms with E-state index in [-0.39, 0.29) is 17.5 Å². The van der Waals surface area contributed by atoms with Crippen LogP contribution < -0.4 is 15.8 Å². The molecule has 1 unspecified atom stereocenters. The molecule has 1 fully saturated rings. The van der Waals surface area contributed by atoms with Crippen molar-refractivity contribution in [2.75, 3.05) is 7.11 Å². The molecule has 4 N–H and O–H groups in total. The highest BCUT2D eigenvalue weighted by Crippen LogP contribution is 2.31. The number of aromatic nitrogens is 3. The molecule has 3 rings (SSSR count). The topological polar surface area (TPSA) is 123 Å². The van der Waals surface area contributed by atoms with Gasteiger partial charge in [0.25, 0.3) is 5.91 Å². The molecule has 8 nitrogen and oxygen atoms in total. The van der Waals surface area contributed by atoms with Crippen LogP contribution in [0.4, 0.5) is 0 Å². The summed E-state index contributed by atoms with van der Waals surface area (Å²) in [5, 5.41) is 12.9. The zero-order valence-corrected chi connectivity index (χ0v) is 12.6. The molecule has 8 heteroatoms. The van der Waals surface area contributed by atoms with Crippen molar-refractivity contribution in [3.63, 3.8) is 0 Å². The van der Waals surface area contributed by atoms with E-state index in [1.165, 1.54) is 0 Å². The monoisotopic (exact) mass is 315 g/mol. The number of ether oxygens (including phenoxy) is 1. The Kier molecular flexibility index (Phi) is 3.96. The largest absolute Gasteiger partial charge is 0.497 e. The summed E-state index contributed by atoms with van der Waals surface area (Å²) >= 11 is 0. The maximum Gasteiger partial charge on any atom is 0.271 e. The molecule has 0 radical (unpaired) electrons. The van der Waals surface area contributed by atoms with Crippen LogP contribution in [0.25, 0.3) is 0 Å².